The molecule has 0 radical (unpaired) electrons. The number of likely N-dealkylation sites (tertiary alicyclic amines) is 1. The molecule has 0 aliphatic carbocycles. The van der Waals surface area contributed by atoms with E-state index in [1.54, 1.807) is 4.90 Å². The van der Waals surface area contributed by atoms with E-state index in [9.17, 15) is 9.59 Å². The molecule has 0 unspecified atom stereocenters. The molecule has 1 heterocycles. The topological polar surface area (TPSA) is 66.8 Å². The van der Waals surface area contributed by atoms with E-state index >= 15 is 0 Å². The van der Waals surface area contributed by atoms with Gasteiger partial charge in [-0.2, -0.15) is 0 Å². The standard InChI is InChI=1S/C12H21NO4/c1-9(2)17-7-5-11(14)13-6-3-4-10(8-13)12(15)16/h9-10H,3-8H2,1-2H3,(H,15,16)/t10-/m0/s1. The molecule has 17 heavy (non-hydrogen) atoms. The third-order valence-electron chi connectivity index (χ3n) is 2.89. The lowest BCUT2D eigenvalue weighted by Gasteiger charge is -2.30. The van der Waals surface area contributed by atoms with Crippen molar-refractivity contribution in [1.29, 1.82) is 0 Å². The molecular weight excluding hydrogens is 222 g/mol. The van der Waals surface area contributed by atoms with Crippen molar-refractivity contribution in [3.05, 3.63) is 0 Å². The van der Waals surface area contributed by atoms with Crippen molar-refractivity contribution < 1.29 is 19.4 Å². The van der Waals surface area contributed by atoms with Crippen LogP contribution in [-0.4, -0.2) is 47.7 Å². The van der Waals surface area contributed by atoms with Crippen molar-refractivity contribution >= 4 is 11.9 Å². The van der Waals surface area contributed by atoms with Crippen molar-refractivity contribution in [1.82, 2.24) is 4.90 Å². The molecule has 1 rings (SSSR count). The van der Waals surface area contributed by atoms with Crippen LogP contribution in [0.15, 0.2) is 0 Å². The van der Waals surface area contributed by atoms with Crippen molar-refractivity contribution in [3.8, 4) is 0 Å². The number of rotatable bonds is 5. The van der Waals surface area contributed by atoms with Gasteiger partial charge in [-0.15, -0.1) is 0 Å². The molecular formula is C12H21NO4. The van der Waals surface area contributed by atoms with Crippen LogP contribution in [0.1, 0.15) is 33.1 Å². The fourth-order valence-corrected chi connectivity index (χ4v) is 1.95. The summed E-state index contributed by atoms with van der Waals surface area (Å²) in [5.41, 5.74) is 0. The Balaban J connectivity index is 2.33. The smallest absolute Gasteiger partial charge is 0.308 e. The van der Waals surface area contributed by atoms with E-state index in [0.29, 0.717) is 32.5 Å². The molecule has 0 aromatic carbocycles. The maximum Gasteiger partial charge on any atom is 0.308 e. The molecule has 1 fully saturated rings. The number of carbonyl (C=O) groups excluding carboxylic acids is 1. The Hall–Kier alpha value is -1.10. The number of aliphatic carboxylic acids is 1. The van der Waals surface area contributed by atoms with Crippen LogP contribution in [0.25, 0.3) is 0 Å². The first kappa shape index (κ1) is 14.0. The Kier molecular flexibility index (Phi) is 5.41. The van der Waals surface area contributed by atoms with Crippen LogP contribution in [0.3, 0.4) is 0 Å². The highest BCUT2D eigenvalue weighted by Crippen LogP contribution is 2.17. The maximum absolute atomic E-state index is 11.8. The van der Waals surface area contributed by atoms with E-state index in [2.05, 4.69) is 0 Å². The molecule has 1 aliphatic heterocycles. The second-order valence-electron chi connectivity index (χ2n) is 4.69. The summed E-state index contributed by atoms with van der Waals surface area (Å²) >= 11 is 0. The number of hydrogen-bond donors (Lipinski definition) is 1. The second-order valence-corrected chi connectivity index (χ2v) is 4.69. The van der Waals surface area contributed by atoms with Gasteiger partial charge in [0.2, 0.25) is 5.91 Å². The van der Waals surface area contributed by atoms with Crippen LogP contribution >= 0.6 is 0 Å². The molecule has 0 bridgehead atoms. The van der Waals surface area contributed by atoms with Gasteiger partial charge in [0.05, 0.1) is 25.0 Å². The van der Waals surface area contributed by atoms with E-state index in [1.165, 1.54) is 0 Å². The van der Waals surface area contributed by atoms with E-state index in [0.717, 1.165) is 6.42 Å². The van der Waals surface area contributed by atoms with Gasteiger partial charge < -0.3 is 14.7 Å². The van der Waals surface area contributed by atoms with Gasteiger partial charge in [0.1, 0.15) is 0 Å². The monoisotopic (exact) mass is 243 g/mol. The van der Waals surface area contributed by atoms with Crippen molar-refractivity contribution in [3.63, 3.8) is 0 Å². The Labute approximate surface area is 102 Å². The third-order valence-corrected chi connectivity index (χ3v) is 2.89. The van der Waals surface area contributed by atoms with Crippen LogP contribution in [0.4, 0.5) is 0 Å². The normalized spacial score (nSPS) is 20.6. The molecule has 0 spiro atoms. The summed E-state index contributed by atoms with van der Waals surface area (Å²) in [6, 6.07) is 0. The Morgan fingerprint density at radius 2 is 2.18 bits per heavy atom. The molecule has 98 valence electrons. The minimum absolute atomic E-state index is 0.00315. The molecule has 5 nitrogen and oxygen atoms in total. The van der Waals surface area contributed by atoms with Crippen LogP contribution in [0, 0.1) is 5.92 Å². The Bertz CT molecular complexity index is 278. The first-order chi connectivity index (χ1) is 8.00. The largest absolute Gasteiger partial charge is 0.481 e. The average molecular weight is 243 g/mol. The predicted molar refractivity (Wildman–Crippen MR) is 62.6 cm³/mol. The van der Waals surface area contributed by atoms with Gasteiger partial charge in [-0.25, -0.2) is 0 Å². The zero-order valence-electron chi connectivity index (χ0n) is 10.5. The van der Waals surface area contributed by atoms with Gasteiger partial charge in [-0.3, -0.25) is 9.59 Å². The molecule has 1 atom stereocenters. The summed E-state index contributed by atoms with van der Waals surface area (Å²) in [7, 11) is 0. The number of ether oxygens (including phenoxy) is 1. The van der Waals surface area contributed by atoms with Crippen molar-refractivity contribution in [2.75, 3.05) is 19.7 Å². The maximum atomic E-state index is 11.8. The van der Waals surface area contributed by atoms with Gasteiger partial charge in [-0.05, 0) is 26.7 Å². The quantitative estimate of drug-likeness (QED) is 0.786. The van der Waals surface area contributed by atoms with Crippen LogP contribution in [-0.2, 0) is 14.3 Å². The predicted octanol–water partition coefficient (Wildman–Crippen LogP) is 1.12. The minimum atomic E-state index is -0.805. The Morgan fingerprint density at radius 3 is 2.76 bits per heavy atom. The van der Waals surface area contributed by atoms with E-state index < -0.39 is 11.9 Å². The fourth-order valence-electron chi connectivity index (χ4n) is 1.95. The number of carboxylic acid groups (broad SMARTS) is 1. The number of amides is 1. The van der Waals surface area contributed by atoms with Gasteiger partial charge >= 0.3 is 5.97 Å². The zero-order chi connectivity index (χ0) is 12.8. The van der Waals surface area contributed by atoms with E-state index in [4.69, 9.17) is 9.84 Å². The van der Waals surface area contributed by atoms with Crippen LogP contribution in [0.5, 0.6) is 0 Å². The SMILES string of the molecule is CC(C)OCCC(=O)N1CCC[C@H](C(=O)O)C1. The van der Waals surface area contributed by atoms with Gasteiger partial charge in [-0.1, -0.05) is 0 Å². The van der Waals surface area contributed by atoms with E-state index in [-0.39, 0.29) is 12.0 Å². The van der Waals surface area contributed by atoms with Gasteiger partial charge in [0.25, 0.3) is 0 Å². The summed E-state index contributed by atoms with van der Waals surface area (Å²) in [6.45, 7) is 5.27. The number of hydrogen-bond acceptors (Lipinski definition) is 3. The third kappa shape index (κ3) is 4.73. The first-order valence-electron chi connectivity index (χ1n) is 6.13. The summed E-state index contributed by atoms with van der Waals surface area (Å²) < 4.78 is 5.31. The van der Waals surface area contributed by atoms with Gasteiger partial charge in [0.15, 0.2) is 0 Å². The zero-order valence-corrected chi connectivity index (χ0v) is 10.5. The van der Waals surface area contributed by atoms with Gasteiger partial charge in [0, 0.05) is 13.1 Å². The second kappa shape index (κ2) is 6.59. The number of piperidine rings is 1. The number of nitrogens with zero attached hydrogens (tertiary/aromatic N) is 1. The van der Waals surface area contributed by atoms with Crippen LogP contribution < -0.4 is 0 Å². The highest BCUT2D eigenvalue weighted by Gasteiger charge is 2.27. The highest BCUT2D eigenvalue weighted by atomic mass is 16.5. The molecule has 1 aliphatic rings. The summed E-state index contributed by atoms with van der Waals surface area (Å²) in [5.74, 6) is -1.21. The van der Waals surface area contributed by atoms with E-state index in [1.807, 2.05) is 13.8 Å². The lowest BCUT2D eigenvalue weighted by atomic mass is 9.98. The molecule has 1 N–H and O–H groups in total. The number of carbonyl (C=O) groups is 2. The highest BCUT2D eigenvalue weighted by molar-refractivity contribution is 5.78. The fraction of sp³-hybridized carbons (Fsp3) is 0.833. The molecule has 1 saturated heterocycles. The molecule has 0 saturated carbocycles. The van der Waals surface area contributed by atoms with Crippen molar-refractivity contribution in [2.24, 2.45) is 5.92 Å². The molecule has 0 aromatic rings. The first-order valence-corrected chi connectivity index (χ1v) is 6.13. The number of carboxylic acids is 1. The summed E-state index contributed by atoms with van der Waals surface area (Å²) in [4.78, 5) is 24.3. The summed E-state index contributed by atoms with van der Waals surface area (Å²) in [5, 5.41) is 8.92. The lowest BCUT2D eigenvalue weighted by molar-refractivity contribution is -0.146. The molecule has 1 amide bonds. The lowest BCUT2D eigenvalue weighted by Crippen LogP contribution is -2.42. The average Bonchev–Trinajstić information content (AvgIpc) is 2.28. The minimum Gasteiger partial charge on any atom is -0.481 e. The van der Waals surface area contributed by atoms with Crippen molar-refractivity contribution in [2.45, 2.75) is 39.2 Å². The van der Waals surface area contributed by atoms with Crippen LogP contribution in [0.2, 0.25) is 0 Å². The summed E-state index contributed by atoms with van der Waals surface area (Å²) in [6.07, 6.45) is 1.90. The molecule has 5 heteroatoms. The molecule has 0 aromatic heterocycles. The Morgan fingerprint density at radius 1 is 1.47 bits per heavy atom.